The Morgan fingerprint density at radius 2 is 1.74 bits per heavy atom. The predicted octanol–water partition coefficient (Wildman–Crippen LogP) is 3.94. The molecule has 2 saturated heterocycles. The third-order valence-corrected chi connectivity index (χ3v) is 7.52. The van der Waals surface area contributed by atoms with Gasteiger partial charge in [-0.25, -0.2) is 0 Å². The maximum Gasteiger partial charge on any atom is 0.240 e. The van der Waals surface area contributed by atoms with E-state index in [0.29, 0.717) is 13.1 Å². The molecule has 1 aromatic heterocycles. The van der Waals surface area contributed by atoms with E-state index in [1.165, 1.54) is 16.5 Å². The lowest BCUT2D eigenvalue weighted by Crippen LogP contribution is -2.47. The van der Waals surface area contributed by atoms with Gasteiger partial charge in [0.2, 0.25) is 5.91 Å². The molecular formula is C32H32N4O2. The average Bonchev–Trinajstić information content (AvgIpc) is 3.64. The van der Waals surface area contributed by atoms with E-state index in [1.54, 1.807) is 0 Å². The van der Waals surface area contributed by atoms with Gasteiger partial charge in [0.15, 0.2) is 0 Å². The van der Waals surface area contributed by atoms with Crippen LogP contribution in [0.15, 0.2) is 79.0 Å². The van der Waals surface area contributed by atoms with E-state index >= 15 is 0 Å². The molecule has 1 amide bonds. The van der Waals surface area contributed by atoms with Crippen LogP contribution in [-0.2, 0) is 22.6 Å². The minimum absolute atomic E-state index is 0.0269. The van der Waals surface area contributed by atoms with Gasteiger partial charge in [-0.05, 0) is 54.8 Å². The second-order valence-corrected chi connectivity index (χ2v) is 10.2. The number of carbonyl (C=O) groups excluding carboxylic acids is 1. The molecule has 2 aliphatic rings. The first-order valence-electron chi connectivity index (χ1n) is 13.3. The van der Waals surface area contributed by atoms with Crippen LogP contribution in [0.4, 0.5) is 0 Å². The van der Waals surface area contributed by atoms with Gasteiger partial charge in [0.1, 0.15) is 6.04 Å². The number of nitrogens with one attached hydrogen (secondary N) is 3. The van der Waals surface area contributed by atoms with Crippen LogP contribution < -0.4 is 10.6 Å². The predicted molar refractivity (Wildman–Crippen MR) is 149 cm³/mol. The van der Waals surface area contributed by atoms with E-state index in [0.717, 1.165) is 41.7 Å². The number of hydroxylamine groups is 2. The van der Waals surface area contributed by atoms with Gasteiger partial charge in [-0.2, -0.15) is 5.06 Å². The number of para-hydroxylation sites is 1. The molecule has 0 spiro atoms. The van der Waals surface area contributed by atoms with Gasteiger partial charge in [0, 0.05) is 53.8 Å². The summed E-state index contributed by atoms with van der Waals surface area (Å²) in [6.45, 7) is 4.77. The number of nitrogens with zero attached hydrogens (tertiary/aromatic N) is 1. The molecule has 0 bridgehead atoms. The van der Waals surface area contributed by atoms with Crippen molar-refractivity contribution in [1.82, 2.24) is 20.7 Å². The Morgan fingerprint density at radius 3 is 2.53 bits per heavy atom. The van der Waals surface area contributed by atoms with Crippen molar-refractivity contribution in [2.75, 3.05) is 19.6 Å². The summed E-state index contributed by atoms with van der Waals surface area (Å²) in [5.74, 6) is 6.63. The summed E-state index contributed by atoms with van der Waals surface area (Å²) in [6, 6.07) is 24.4. The Balaban J connectivity index is 1.09. The minimum Gasteiger partial charge on any atom is -0.361 e. The molecule has 3 heterocycles. The third-order valence-electron chi connectivity index (χ3n) is 7.52. The van der Waals surface area contributed by atoms with Crippen LogP contribution in [0.5, 0.6) is 0 Å². The second kappa shape index (κ2) is 10.8. The largest absolute Gasteiger partial charge is 0.361 e. The highest BCUT2D eigenvalue weighted by Crippen LogP contribution is 2.32. The van der Waals surface area contributed by atoms with E-state index in [1.807, 2.05) is 47.7 Å². The monoisotopic (exact) mass is 504 g/mol. The molecule has 3 atom stereocenters. The lowest BCUT2D eigenvalue weighted by molar-refractivity contribution is -0.174. The van der Waals surface area contributed by atoms with Crippen LogP contribution in [-0.4, -0.2) is 47.7 Å². The highest BCUT2D eigenvalue weighted by Gasteiger charge is 2.49. The topological polar surface area (TPSA) is 69.4 Å². The number of carbonyl (C=O) groups is 1. The fourth-order valence-electron chi connectivity index (χ4n) is 5.44. The first-order valence-corrected chi connectivity index (χ1v) is 13.3. The summed E-state index contributed by atoms with van der Waals surface area (Å²) in [5, 5.41) is 9.65. The first kappa shape index (κ1) is 24.4. The Hall–Kier alpha value is -3.89. The number of aryl methyl sites for hydroxylation is 1. The maximum atomic E-state index is 13.4. The molecule has 0 saturated carbocycles. The van der Waals surface area contributed by atoms with Crippen molar-refractivity contribution < 1.29 is 9.63 Å². The molecular weight excluding hydrogens is 472 g/mol. The van der Waals surface area contributed by atoms with Gasteiger partial charge in [-0.15, -0.1) is 0 Å². The van der Waals surface area contributed by atoms with Gasteiger partial charge in [-0.1, -0.05) is 59.9 Å². The number of hydrogen-bond donors (Lipinski definition) is 3. The standard InChI is InChI=1S/C32H32N4O2/c1-22-6-8-23(9-7-22)10-11-24-12-14-25(15-13-24)21-36-31(28-19-33-20-30(28)38-36)32(37)34-17-16-26-18-35-29-5-3-2-4-27(26)29/h2-9,12-15,18,28,30-31,33,35H,16-17,19-21H2,1H3,(H,34,37). The van der Waals surface area contributed by atoms with Crippen LogP contribution in [0.2, 0.25) is 0 Å². The summed E-state index contributed by atoms with van der Waals surface area (Å²) < 4.78 is 0. The van der Waals surface area contributed by atoms with Crippen LogP contribution in [0, 0.1) is 24.7 Å². The lowest BCUT2D eigenvalue weighted by atomic mass is 9.96. The summed E-state index contributed by atoms with van der Waals surface area (Å²) in [7, 11) is 0. The molecule has 0 aliphatic carbocycles. The fraction of sp³-hybridized carbons (Fsp3) is 0.281. The highest BCUT2D eigenvalue weighted by molar-refractivity contribution is 5.84. The molecule has 38 heavy (non-hydrogen) atoms. The van der Waals surface area contributed by atoms with Gasteiger partial charge < -0.3 is 15.6 Å². The zero-order valence-corrected chi connectivity index (χ0v) is 21.5. The Kier molecular flexibility index (Phi) is 6.98. The normalized spacial score (nSPS) is 20.7. The molecule has 6 rings (SSSR count). The molecule has 4 aromatic rings. The van der Waals surface area contributed by atoms with Gasteiger partial charge in [0.05, 0.1) is 12.6 Å². The van der Waals surface area contributed by atoms with Crippen LogP contribution in [0.25, 0.3) is 10.9 Å². The molecule has 3 unspecified atom stereocenters. The molecule has 6 heteroatoms. The summed E-state index contributed by atoms with van der Waals surface area (Å²) in [5.41, 5.74) is 6.62. The van der Waals surface area contributed by atoms with Crippen molar-refractivity contribution in [2.45, 2.75) is 32.0 Å². The van der Waals surface area contributed by atoms with Crippen LogP contribution in [0.3, 0.4) is 0 Å². The van der Waals surface area contributed by atoms with E-state index in [9.17, 15) is 4.79 Å². The summed E-state index contributed by atoms with van der Waals surface area (Å²) in [4.78, 5) is 23.0. The number of H-pyrrole nitrogens is 1. The van der Waals surface area contributed by atoms with Crippen molar-refractivity contribution in [3.63, 3.8) is 0 Å². The van der Waals surface area contributed by atoms with E-state index < -0.39 is 0 Å². The molecule has 192 valence electrons. The molecule has 3 N–H and O–H groups in total. The fourth-order valence-corrected chi connectivity index (χ4v) is 5.44. The Bertz CT molecular complexity index is 1480. The maximum absolute atomic E-state index is 13.4. The van der Waals surface area contributed by atoms with E-state index in [-0.39, 0.29) is 24.0 Å². The zero-order chi connectivity index (χ0) is 25.9. The molecule has 3 aromatic carbocycles. The lowest BCUT2D eigenvalue weighted by Gasteiger charge is -2.25. The smallest absolute Gasteiger partial charge is 0.240 e. The Labute approximate surface area is 223 Å². The number of fused-ring (bicyclic) bond motifs is 2. The van der Waals surface area contributed by atoms with Crippen molar-refractivity contribution >= 4 is 16.8 Å². The quantitative estimate of drug-likeness (QED) is 0.348. The van der Waals surface area contributed by atoms with Crippen molar-refractivity contribution in [3.8, 4) is 11.8 Å². The third kappa shape index (κ3) is 5.23. The number of amides is 1. The van der Waals surface area contributed by atoms with E-state index in [2.05, 4.69) is 70.8 Å². The first-order chi connectivity index (χ1) is 18.6. The number of hydrogen-bond acceptors (Lipinski definition) is 4. The second-order valence-electron chi connectivity index (χ2n) is 10.2. The average molecular weight is 505 g/mol. The minimum atomic E-state index is -0.320. The number of aromatic nitrogens is 1. The van der Waals surface area contributed by atoms with Crippen molar-refractivity contribution in [3.05, 3.63) is 107 Å². The van der Waals surface area contributed by atoms with Gasteiger partial charge in [0.25, 0.3) is 0 Å². The molecule has 2 fully saturated rings. The van der Waals surface area contributed by atoms with Gasteiger partial charge >= 0.3 is 0 Å². The number of aromatic amines is 1. The molecule has 2 aliphatic heterocycles. The van der Waals surface area contributed by atoms with Crippen molar-refractivity contribution in [1.29, 1.82) is 0 Å². The SMILES string of the molecule is Cc1ccc(C#Cc2ccc(CN3OC4CNCC4C3C(=O)NCCc3c[nH]c4ccccc34)cc2)cc1. The zero-order valence-electron chi connectivity index (χ0n) is 21.5. The Morgan fingerprint density at radius 1 is 1.00 bits per heavy atom. The van der Waals surface area contributed by atoms with E-state index in [4.69, 9.17) is 4.84 Å². The summed E-state index contributed by atoms with van der Waals surface area (Å²) >= 11 is 0. The highest BCUT2D eigenvalue weighted by atomic mass is 16.7. The molecule has 0 radical (unpaired) electrons. The van der Waals surface area contributed by atoms with Crippen molar-refractivity contribution in [2.24, 2.45) is 5.92 Å². The summed E-state index contributed by atoms with van der Waals surface area (Å²) in [6.07, 6.45) is 2.84. The number of rotatable bonds is 6. The number of benzene rings is 3. The van der Waals surface area contributed by atoms with Crippen LogP contribution >= 0.6 is 0 Å². The van der Waals surface area contributed by atoms with Crippen LogP contribution in [0.1, 0.15) is 27.8 Å². The van der Waals surface area contributed by atoms with Gasteiger partial charge in [-0.3, -0.25) is 9.63 Å². The molecule has 6 nitrogen and oxygen atoms in total.